The first-order chi connectivity index (χ1) is 9.29. The molecule has 20 heavy (non-hydrogen) atoms. The first-order valence-corrected chi connectivity index (χ1v) is 8.52. The van der Waals surface area contributed by atoms with Gasteiger partial charge in [0, 0.05) is 44.3 Å². The summed E-state index contributed by atoms with van der Waals surface area (Å²) in [5, 5.41) is 0. The van der Waals surface area contributed by atoms with E-state index in [9.17, 15) is 0 Å². The van der Waals surface area contributed by atoms with Gasteiger partial charge in [0.25, 0.3) is 0 Å². The minimum absolute atomic E-state index is 0.388. The molecule has 3 heteroatoms. The lowest BCUT2D eigenvalue weighted by molar-refractivity contribution is 0.0273. The fraction of sp³-hybridized carbons (Fsp3) is 1.00. The van der Waals surface area contributed by atoms with Crippen molar-refractivity contribution < 1.29 is 0 Å². The highest BCUT2D eigenvalue weighted by atomic mass is 15.3. The number of hydrogen-bond donors (Lipinski definition) is 1. The monoisotopic (exact) mass is 281 g/mol. The summed E-state index contributed by atoms with van der Waals surface area (Å²) in [7, 11) is 0. The van der Waals surface area contributed by atoms with Gasteiger partial charge in [-0.2, -0.15) is 0 Å². The van der Waals surface area contributed by atoms with Crippen molar-refractivity contribution >= 4 is 0 Å². The maximum atomic E-state index is 6.45. The normalized spacial score (nSPS) is 34.6. The standard InChI is InChI=1S/C17H35N3/c1-13(2)19-8-10-20(11-9-19)16-12-14(17(3,4)5)6-7-15(16)18/h13-16H,6-12,18H2,1-5H3. The molecule has 2 fully saturated rings. The Hall–Kier alpha value is -0.120. The maximum Gasteiger partial charge on any atom is 0.0251 e. The summed E-state index contributed by atoms with van der Waals surface area (Å²) in [6.45, 7) is 16.6. The molecule has 1 saturated carbocycles. The van der Waals surface area contributed by atoms with Gasteiger partial charge in [-0.15, -0.1) is 0 Å². The summed E-state index contributed by atoms with van der Waals surface area (Å²) in [6.07, 6.45) is 3.82. The fourth-order valence-corrected chi connectivity index (χ4v) is 3.96. The van der Waals surface area contributed by atoms with Crippen molar-refractivity contribution in [2.24, 2.45) is 17.1 Å². The van der Waals surface area contributed by atoms with Crippen molar-refractivity contribution in [1.82, 2.24) is 9.80 Å². The highest BCUT2D eigenvalue weighted by Gasteiger charge is 2.37. The van der Waals surface area contributed by atoms with Crippen LogP contribution in [0.1, 0.15) is 53.9 Å². The van der Waals surface area contributed by atoms with Crippen LogP contribution in [0.3, 0.4) is 0 Å². The zero-order chi connectivity index (χ0) is 14.9. The lowest BCUT2D eigenvalue weighted by Crippen LogP contribution is -2.58. The molecule has 0 aromatic carbocycles. The quantitative estimate of drug-likeness (QED) is 0.844. The topological polar surface area (TPSA) is 32.5 Å². The van der Waals surface area contributed by atoms with Crippen LogP contribution in [0.25, 0.3) is 0 Å². The van der Waals surface area contributed by atoms with E-state index in [0.717, 1.165) is 5.92 Å². The van der Waals surface area contributed by atoms with E-state index in [1.54, 1.807) is 0 Å². The third-order valence-corrected chi connectivity index (χ3v) is 5.64. The van der Waals surface area contributed by atoms with Crippen molar-refractivity contribution in [2.75, 3.05) is 26.2 Å². The first-order valence-electron chi connectivity index (χ1n) is 8.52. The molecular weight excluding hydrogens is 246 g/mol. The Morgan fingerprint density at radius 3 is 2.10 bits per heavy atom. The highest BCUT2D eigenvalue weighted by Crippen LogP contribution is 2.39. The van der Waals surface area contributed by atoms with E-state index in [4.69, 9.17) is 5.73 Å². The minimum Gasteiger partial charge on any atom is -0.326 e. The van der Waals surface area contributed by atoms with Crippen LogP contribution in [0, 0.1) is 11.3 Å². The number of nitrogens with zero attached hydrogens (tertiary/aromatic N) is 2. The molecule has 2 aliphatic rings. The minimum atomic E-state index is 0.388. The average Bonchev–Trinajstić information content (AvgIpc) is 2.38. The van der Waals surface area contributed by atoms with E-state index in [0.29, 0.717) is 23.5 Å². The summed E-state index contributed by atoms with van der Waals surface area (Å²) < 4.78 is 0. The van der Waals surface area contributed by atoms with Crippen LogP contribution in [-0.2, 0) is 0 Å². The Bertz CT molecular complexity index is 300. The van der Waals surface area contributed by atoms with Gasteiger partial charge in [0.05, 0.1) is 0 Å². The molecule has 2 N–H and O–H groups in total. The Morgan fingerprint density at radius 2 is 1.60 bits per heavy atom. The second-order valence-corrected chi connectivity index (χ2v) is 8.27. The maximum absolute atomic E-state index is 6.45. The predicted molar refractivity (Wildman–Crippen MR) is 86.8 cm³/mol. The molecule has 2 rings (SSSR count). The zero-order valence-electron chi connectivity index (χ0n) is 14.2. The largest absolute Gasteiger partial charge is 0.326 e. The SMILES string of the molecule is CC(C)N1CCN(C2CC(C(C)(C)C)CCC2N)CC1. The second kappa shape index (κ2) is 6.33. The fourth-order valence-electron chi connectivity index (χ4n) is 3.96. The van der Waals surface area contributed by atoms with Crippen LogP contribution < -0.4 is 5.73 Å². The molecule has 3 nitrogen and oxygen atoms in total. The van der Waals surface area contributed by atoms with E-state index in [-0.39, 0.29) is 0 Å². The molecule has 1 heterocycles. The molecular formula is C17H35N3. The molecule has 1 saturated heterocycles. The molecule has 0 aromatic rings. The van der Waals surface area contributed by atoms with E-state index < -0.39 is 0 Å². The molecule has 0 amide bonds. The lowest BCUT2D eigenvalue weighted by Gasteiger charge is -2.48. The number of piperazine rings is 1. The molecule has 1 aliphatic carbocycles. The van der Waals surface area contributed by atoms with Crippen LogP contribution in [0.2, 0.25) is 0 Å². The van der Waals surface area contributed by atoms with Gasteiger partial charge in [-0.1, -0.05) is 20.8 Å². The Balaban J connectivity index is 1.94. The van der Waals surface area contributed by atoms with Crippen molar-refractivity contribution in [3.05, 3.63) is 0 Å². The van der Waals surface area contributed by atoms with Crippen LogP contribution in [0.15, 0.2) is 0 Å². The highest BCUT2D eigenvalue weighted by molar-refractivity contribution is 4.94. The number of nitrogens with two attached hydrogens (primary N) is 1. The molecule has 0 radical (unpaired) electrons. The number of hydrogen-bond acceptors (Lipinski definition) is 3. The first kappa shape index (κ1) is 16.3. The van der Waals surface area contributed by atoms with Gasteiger partial charge in [0.2, 0.25) is 0 Å². The molecule has 3 atom stereocenters. The Morgan fingerprint density at radius 1 is 1.00 bits per heavy atom. The predicted octanol–water partition coefficient (Wildman–Crippen LogP) is 2.55. The summed E-state index contributed by atoms with van der Waals surface area (Å²) in [5.41, 5.74) is 6.88. The van der Waals surface area contributed by atoms with Crippen molar-refractivity contribution in [3.63, 3.8) is 0 Å². The van der Waals surface area contributed by atoms with E-state index in [1.165, 1.54) is 45.4 Å². The van der Waals surface area contributed by atoms with Gasteiger partial charge >= 0.3 is 0 Å². The van der Waals surface area contributed by atoms with E-state index >= 15 is 0 Å². The third kappa shape index (κ3) is 3.75. The second-order valence-electron chi connectivity index (χ2n) is 8.27. The van der Waals surface area contributed by atoms with Crippen molar-refractivity contribution in [2.45, 2.75) is 72.0 Å². The van der Waals surface area contributed by atoms with Crippen molar-refractivity contribution in [1.29, 1.82) is 0 Å². The van der Waals surface area contributed by atoms with Crippen molar-refractivity contribution in [3.8, 4) is 0 Å². The Labute approximate surface area is 125 Å². The van der Waals surface area contributed by atoms with Gasteiger partial charge in [-0.3, -0.25) is 9.80 Å². The molecule has 118 valence electrons. The Kier molecular flexibility index (Phi) is 5.14. The van der Waals surface area contributed by atoms with E-state index in [1.807, 2.05) is 0 Å². The number of rotatable bonds is 2. The lowest BCUT2D eigenvalue weighted by atomic mass is 9.69. The average molecular weight is 281 g/mol. The smallest absolute Gasteiger partial charge is 0.0251 e. The van der Waals surface area contributed by atoms with Gasteiger partial charge in [-0.25, -0.2) is 0 Å². The van der Waals surface area contributed by atoms with Crippen LogP contribution >= 0.6 is 0 Å². The van der Waals surface area contributed by atoms with Crippen LogP contribution in [0.5, 0.6) is 0 Å². The molecule has 0 spiro atoms. The summed E-state index contributed by atoms with van der Waals surface area (Å²) in [4.78, 5) is 5.27. The zero-order valence-corrected chi connectivity index (χ0v) is 14.2. The van der Waals surface area contributed by atoms with Gasteiger partial charge in [0.15, 0.2) is 0 Å². The molecule has 3 unspecified atom stereocenters. The third-order valence-electron chi connectivity index (χ3n) is 5.64. The van der Waals surface area contributed by atoms with Crippen LogP contribution in [0.4, 0.5) is 0 Å². The van der Waals surface area contributed by atoms with Crippen LogP contribution in [-0.4, -0.2) is 54.1 Å². The van der Waals surface area contributed by atoms with E-state index in [2.05, 4.69) is 44.4 Å². The van der Waals surface area contributed by atoms with Gasteiger partial charge in [-0.05, 0) is 44.4 Å². The molecule has 0 bridgehead atoms. The molecule has 0 aromatic heterocycles. The summed E-state index contributed by atoms with van der Waals surface area (Å²) >= 11 is 0. The van der Waals surface area contributed by atoms with Gasteiger partial charge in [0.1, 0.15) is 0 Å². The summed E-state index contributed by atoms with van der Waals surface area (Å²) in [5.74, 6) is 0.829. The molecule has 1 aliphatic heterocycles. The van der Waals surface area contributed by atoms with Gasteiger partial charge < -0.3 is 5.73 Å². The summed E-state index contributed by atoms with van der Waals surface area (Å²) in [6, 6.07) is 1.68.